The molecule has 2 aromatic carbocycles. The van der Waals surface area contributed by atoms with E-state index in [1.54, 1.807) is 35.2 Å². The number of amides is 1. The van der Waals surface area contributed by atoms with Crippen molar-refractivity contribution in [3.8, 4) is 0 Å². The predicted molar refractivity (Wildman–Crippen MR) is 98.6 cm³/mol. The molecule has 0 bridgehead atoms. The van der Waals surface area contributed by atoms with Gasteiger partial charge >= 0.3 is 0 Å². The molecule has 1 saturated heterocycles. The van der Waals surface area contributed by atoms with Crippen molar-refractivity contribution in [2.75, 3.05) is 17.8 Å². The smallest absolute Gasteiger partial charge is 0.261 e. The molecule has 132 valence electrons. The van der Waals surface area contributed by atoms with Gasteiger partial charge in [0, 0.05) is 18.8 Å². The van der Waals surface area contributed by atoms with E-state index in [2.05, 4.69) is 4.72 Å². The van der Waals surface area contributed by atoms with Gasteiger partial charge in [-0.3, -0.25) is 9.52 Å². The fourth-order valence-corrected chi connectivity index (χ4v) is 4.02. The Morgan fingerprint density at radius 2 is 1.72 bits per heavy atom. The molecule has 3 rings (SSSR count). The Bertz CT molecular complexity index is 889. The standard InChI is InChI=1S/C18H19ClN2O3S/c1-13-4-7-15(8-5-13)25(23,24)20-14-6-9-17(19)16(12-14)18(22)21-10-2-3-11-21/h4-9,12,20H,2-3,10-11H2,1H3. The lowest BCUT2D eigenvalue weighted by Crippen LogP contribution is -2.28. The molecule has 5 nitrogen and oxygen atoms in total. The van der Waals surface area contributed by atoms with E-state index in [-0.39, 0.29) is 10.8 Å². The number of nitrogens with zero attached hydrogens (tertiary/aromatic N) is 1. The summed E-state index contributed by atoms with van der Waals surface area (Å²) >= 11 is 6.15. The summed E-state index contributed by atoms with van der Waals surface area (Å²) in [6.07, 6.45) is 1.95. The van der Waals surface area contributed by atoms with E-state index in [1.165, 1.54) is 12.1 Å². The van der Waals surface area contributed by atoms with Gasteiger partial charge in [-0.05, 0) is 50.1 Å². The van der Waals surface area contributed by atoms with Crippen LogP contribution >= 0.6 is 11.6 Å². The van der Waals surface area contributed by atoms with Crippen molar-refractivity contribution in [1.29, 1.82) is 0 Å². The lowest BCUT2D eigenvalue weighted by molar-refractivity contribution is 0.0793. The Morgan fingerprint density at radius 3 is 2.36 bits per heavy atom. The van der Waals surface area contributed by atoms with Gasteiger partial charge in [-0.25, -0.2) is 8.42 Å². The highest BCUT2D eigenvalue weighted by Crippen LogP contribution is 2.25. The highest BCUT2D eigenvalue weighted by Gasteiger charge is 2.22. The Hall–Kier alpha value is -2.05. The maximum Gasteiger partial charge on any atom is 0.261 e. The molecule has 0 aromatic heterocycles. The number of sulfonamides is 1. The van der Waals surface area contributed by atoms with Crippen LogP contribution in [0.25, 0.3) is 0 Å². The van der Waals surface area contributed by atoms with Crippen LogP contribution in [-0.4, -0.2) is 32.3 Å². The molecule has 1 aliphatic heterocycles. The maximum absolute atomic E-state index is 12.6. The predicted octanol–water partition coefficient (Wildman–Crippen LogP) is 3.69. The van der Waals surface area contributed by atoms with Crippen molar-refractivity contribution in [2.24, 2.45) is 0 Å². The number of likely N-dealkylation sites (tertiary alicyclic amines) is 1. The Kier molecular flexibility index (Phi) is 5.01. The molecule has 0 atom stereocenters. The van der Waals surface area contributed by atoms with Gasteiger partial charge in [0.2, 0.25) is 0 Å². The molecular weight excluding hydrogens is 360 g/mol. The summed E-state index contributed by atoms with van der Waals surface area (Å²) in [7, 11) is -3.72. The van der Waals surface area contributed by atoms with Gasteiger partial charge in [-0.2, -0.15) is 0 Å². The minimum absolute atomic E-state index is 0.167. The van der Waals surface area contributed by atoms with Gasteiger partial charge in [0.25, 0.3) is 15.9 Å². The van der Waals surface area contributed by atoms with Crippen LogP contribution in [0.4, 0.5) is 5.69 Å². The summed E-state index contributed by atoms with van der Waals surface area (Å²) in [4.78, 5) is 14.5. The van der Waals surface area contributed by atoms with Crippen LogP contribution in [0.5, 0.6) is 0 Å². The normalized spacial score (nSPS) is 14.6. The van der Waals surface area contributed by atoms with Crippen molar-refractivity contribution < 1.29 is 13.2 Å². The van der Waals surface area contributed by atoms with Gasteiger partial charge in [0.05, 0.1) is 15.5 Å². The third kappa shape index (κ3) is 3.96. The summed E-state index contributed by atoms with van der Waals surface area (Å²) in [6.45, 7) is 3.29. The van der Waals surface area contributed by atoms with E-state index < -0.39 is 10.0 Å². The minimum Gasteiger partial charge on any atom is -0.339 e. The number of nitrogens with one attached hydrogen (secondary N) is 1. The molecule has 2 aromatic rings. The number of carbonyl (C=O) groups excluding carboxylic acids is 1. The van der Waals surface area contributed by atoms with Gasteiger partial charge in [-0.15, -0.1) is 0 Å². The summed E-state index contributed by atoms with van der Waals surface area (Å²) in [5, 5.41) is 0.315. The minimum atomic E-state index is -3.72. The van der Waals surface area contributed by atoms with Crippen molar-refractivity contribution in [2.45, 2.75) is 24.7 Å². The first-order chi connectivity index (χ1) is 11.9. The third-order valence-corrected chi connectivity index (χ3v) is 5.90. The molecule has 1 N–H and O–H groups in total. The monoisotopic (exact) mass is 378 g/mol. The van der Waals surface area contributed by atoms with E-state index >= 15 is 0 Å². The van der Waals surface area contributed by atoms with Gasteiger partial charge in [0.1, 0.15) is 0 Å². The average Bonchev–Trinajstić information content (AvgIpc) is 3.11. The van der Waals surface area contributed by atoms with E-state index in [4.69, 9.17) is 11.6 Å². The first-order valence-electron chi connectivity index (χ1n) is 8.05. The first-order valence-corrected chi connectivity index (χ1v) is 9.91. The molecular formula is C18H19ClN2O3S. The van der Waals surface area contributed by atoms with Crippen molar-refractivity contribution >= 4 is 33.2 Å². The second-order valence-electron chi connectivity index (χ2n) is 6.11. The zero-order valence-electron chi connectivity index (χ0n) is 13.8. The van der Waals surface area contributed by atoms with Crippen LogP contribution in [-0.2, 0) is 10.0 Å². The number of hydrogen-bond donors (Lipinski definition) is 1. The van der Waals surface area contributed by atoms with Gasteiger partial charge in [-0.1, -0.05) is 29.3 Å². The molecule has 0 unspecified atom stereocenters. The molecule has 7 heteroatoms. The maximum atomic E-state index is 12.6. The van der Waals surface area contributed by atoms with Gasteiger partial charge < -0.3 is 4.90 Å². The summed E-state index contributed by atoms with van der Waals surface area (Å²) in [6, 6.07) is 11.1. The molecule has 0 spiro atoms. The van der Waals surface area contributed by atoms with Gasteiger partial charge in [0.15, 0.2) is 0 Å². The fraction of sp³-hybridized carbons (Fsp3) is 0.278. The summed E-state index contributed by atoms with van der Waals surface area (Å²) in [5.41, 5.74) is 1.60. The van der Waals surface area contributed by atoms with Crippen LogP contribution in [0.3, 0.4) is 0 Å². The Balaban J connectivity index is 1.86. The number of anilines is 1. The van der Waals surface area contributed by atoms with E-state index in [0.717, 1.165) is 18.4 Å². The van der Waals surface area contributed by atoms with Crippen LogP contribution in [0.15, 0.2) is 47.4 Å². The summed E-state index contributed by atoms with van der Waals surface area (Å²) in [5.74, 6) is -0.168. The number of halogens is 1. The number of rotatable bonds is 4. The van der Waals surface area contributed by atoms with Crippen LogP contribution in [0.2, 0.25) is 5.02 Å². The van der Waals surface area contributed by atoms with Crippen LogP contribution < -0.4 is 4.72 Å². The fourth-order valence-electron chi connectivity index (χ4n) is 2.77. The molecule has 1 amide bonds. The first kappa shape index (κ1) is 17.8. The molecule has 1 heterocycles. The highest BCUT2D eigenvalue weighted by atomic mass is 35.5. The van der Waals surface area contributed by atoms with Crippen molar-refractivity contribution in [1.82, 2.24) is 4.90 Å². The largest absolute Gasteiger partial charge is 0.339 e. The molecule has 0 radical (unpaired) electrons. The van der Waals surface area contributed by atoms with E-state index in [9.17, 15) is 13.2 Å². The Morgan fingerprint density at radius 1 is 1.08 bits per heavy atom. The number of benzene rings is 2. The summed E-state index contributed by atoms with van der Waals surface area (Å²) < 4.78 is 27.5. The number of carbonyl (C=O) groups is 1. The van der Waals surface area contributed by atoms with Crippen LogP contribution in [0.1, 0.15) is 28.8 Å². The quantitative estimate of drug-likeness (QED) is 0.882. The zero-order chi connectivity index (χ0) is 18.0. The Labute approximate surface area is 152 Å². The lowest BCUT2D eigenvalue weighted by atomic mass is 10.2. The highest BCUT2D eigenvalue weighted by molar-refractivity contribution is 7.92. The van der Waals surface area contributed by atoms with Crippen LogP contribution in [0, 0.1) is 6.92 Å². The number of aryl methyl sites for hydroxylation is 1. The number of hydrogen-bond acceptors (Lipinski definition) is 3. The SMILES string of the molecule is Cc1ccc(S(=O)(=O)Nc2ccc(Cl)c(C(=O)N3CCCC3)c2)cc1. The molecule has 25 heavy (non-hydrogen) atoms. The van der Waals surface area contributed by atoms with E-state index in [1.807, 2.05) is 6.92 Å². The topological polar surface area (TPSA) is 66.5 Å². The van der Waals surface area contributed by atoms with E-state index in [0.29, 0.717) is 29.4 Å². The second kappa shape index (κ2) is 7.06. The molecule has 1 aliphatic rings. The average molecular weight is 379 g/mol. The molecule has 0 saturated carbocycles. The molecule has 1 fully saturated rings. The van der Waals surface area contributed by atoms with Crippen molar-refractivity contribution in [3.05, 3.63) is 58.6 Å². The lowest BCUT2D eigenvalue weighted by Gasteiger charge is -2.17. The second-order valence-corrected chi connectivity index (χ2v) is 8.20. The zero-order valence-corrected chi connectivity index (χ0v) is 15.4. The third-order valence-electron chi connectivity index (χ3n) is 4.17. The molecule has 0 aliphatic carbocycles. The van der Waals surface area contributed by atoms with Crippen molar-refractivity contribution in [3.63, 3.8) is 0 Å².